The van der Waals surface area contributed by atoms with E-state index < -0.39 is 60.2 Å². The van der Waals surface area contributed by atoms with Crippen LogP contribution in [0, 0.1) is 5.92 Å². The molecule has 0 bridgehead atoms. The molecule has 4 amide bonds. The average Bonchev–Trinajstić information content (AvgIpc) is 2.88. The van der Waals surface area contributed by atoms with Gasteiger partial charge >= 0.3 is 5.97 Å². The Morgan fingerprint density at radius 1 is 0.744 bits per heavy atom. The molecule has 12 heteroatoms. The van der Waals surface area contributed by atoms with Crippen LogP contribution in [-0.4, -0.2) is 64.0 Å². The summed E-state index contributed by atoms with van der Waals surface area (Å²) in [7, 11) is 0. The minimum absolute atomic E-state index is 0.00676. The van der Waals surface area contributed by atoms with Crippen LogP contribution in [0.1, 0.15) is 31.4 Å². The summed E-state index contributed by atoms with van der Waals surface area (Å²) in [6, 6.07) is 9.55. The highest BCUT2D eigenvalue weighted by molar-refractivity contribution is 5.96. The fourth-order valence-corrected chi connectivity index (χ4v) is 3.65. The van der Waals surface area contributed by atoms with Gasteiger partial charge in [0.2, 0.25) is 23.6 Å². The van der Waals surface area contributed by atoms with Crippen LogP contribution in [0.25, 0.3) is 0 Å². The Morgan fingerprint density at radius 3 is 1.77 bits per heavy atom. The summed E-state index contributed by atoms with van der Waals surface area (Å²) in [4.78, 5) is 62.5. The molecule has 0 aliphatic rings. The number of phenolic OH excluding ortho intramolecular Hbond substituents is 1. The van der Waals surface area contributed by atoms with Gasteiger partial charge in [-0.25, -0.2) is 4.79 Å². The van der Waals surface area contributed by atoms with Crippen LogP contribution in [0.5, 0.6) is 5.75 Å². The Kier molecular flexibility index (Phi) is 11.4. The summed E-state index contributed by atoms with van der Waals surface area (Å²) in [6.45, 7) is 3.47. The highest BCUT2D eigenvalue weighted by Gasteiger charge is 2.32. The number of primary amides is 1. The maximum atomic E-state index is 13.3. The van der Waals surface area contributed by atoms with Crippen molar-refractivity contribution in [3.05, 3.63) is 65.7 Å². The van der Waals surface area contributed by atoms with E-state index in [9.17, 15) is 34.2 Å². The number of amides is 4. The lowest BCUT2D eigenvalue weighted by Gasteiger charge is -2.25. The van der Waals surface area contributed by atoms with Gasteiger partial charge in [-0.1, -0.05) is 56.3 Å². The summed E-state index contributed by atoms with van der Waals surface area (Å²) in [5, 5.41) is 26.5. The molecule has 0 aliphatic heterocycles. The molecular weight excluding hydrogens is 506 g/mol. The normalized spacial score (nSPS) is 13.9. The third-order valence-corrected chi connectivity index (χ3v) is 5.97. The first-order chi connectivity index (χ1) is 18.4. The number of aromatic hydroxyl groups is 1. The Bertz CT molecular complexity index is 1150. The summed E-state index contributed by atoms with van der Waals surface area (Å²) in [5.41, 5.74) is 12.4. The number of hydrogen-bond donors (Lipinski definition) is 7. The van der Waals surface area contributed by atoms with Gasteiger partial charge in [0.05, 0.1) is 12.5 Å². The maximum Gasteiger partial charge on any atom is 0.326 e. The van der Waals surface area contributed by atoms with Crippen molar-refractivity contribution in [2.45, 2.75) is 57.3 Å². The molecule has 0 heterocycles. The number of phenols is 1. The Labute approximate surface area is 226 Å². The molecule has 0 aliphatic carbocycles. The quantitative estimate of drug-likeness (QED) is 0.166. The van der Waals surface area contributed by atoms with Crippen LogP contribution in [-0.2, 0) is 36.8 Å². The second-order valence-corrected chi connectivity index (χ2v) is 9.52. The van der Waals surface area contributed by atoms with Gasteiger partial charge in [-0.2, -0.15) is 0 Å². The largest absolute Gasteiger partial charge is 0.508 e. The summed E-state index contributed by atoms with van der Waals surface area (Å²) in [6.07, 6.45) is -0.675. The Hall–Kier alpha value is -4.45. The van der Waals surface area contributed by atoms with Crippen LogP contribution in [0.3, 0.4) is 0 Å². The Balaban J connectivity index is 2.24. The van der Waals surface area contributed by atoms with Gasteiger partial charge in [0.25, 0.3) is 0 Å². The van der Waals surface area contributed by atoms with E-state index in [2.05, 4.69) is 16.0 Å². The predicted molar refractivity (Wildman–Crippen MR) is 142 cm³/mol. The maximum absolute atomic E-state index is 13.3. The van der Waals surface area contributed by atoms with Crippen molar-refractivity contribution in [3.8, 4) is 5.75 Å². The van der Waals surface area contributed by atoms with Crippen LogP contribution in [0.15, 0.2) is 54.6 Å². The first-order valence-corrected chi connectivity index (χ1v) is 12.4. The number of carboxylic acid groups (broad SMARTS) is 1. The number of aliphatic carboxylic acids is 1. The molecule has 0 saturated carbocycles. The first kappa shape index (κ1) is 30.8. The zero-order valence-corrected chi connectivity index (χ0v) is 21.8. The van der Waals surface area contributed by atoms with E-state index in [4.69, 9.17) is 11.5 Å². The van der Waals surface area contributed by atoms with Crippen LogP contribution < -0.4 is 27.4 Å². The van der Waals surface area contributed by atoms with Crippen molar-refractivity contribution in [1.82, 2.24) is 16.0 Å². The van der Waals surface area contributed by atoms with E-state index >= 15 is 0 Å². The molecule has 12 nitrogen and oxygen atoms in total. The van der Waals surface area contributed by atoms with Gasteiger partial charge in [0.15, 0.2) is 0 Å². The van der Waals surface area contributed by atoms with Crippen LogP contribution >= 0.6 is 0 Å². The van der Waals surface area contributed by atoms with Gasteiger partial charge in [-0.3, -0.25) is 19.2 Å². The summed E-state index contributed by atoms with van der Waals surface area (Å²) in [5.74, 6) is -4.79. The van der Waals surface area contributed by atoms with E-state index in [1.165, 1.54) is 12.1 Å². The Morgan fingerprint density at radius 2 is 1.23 bits per heavy atom. The second kappa shape index (κ2) is 14.5. The van der Waals surface area contributed by atoms with Crippen LogP contribution in [0.4, 0.5) is 0 Å². The van der Waals surface area contributed by atoms with E-state index in [0.717, 1.165) is 0 Å². The van der Waals surface area contributed by atoms with E-state index in [0.29, 0.717) is 11.1 Å². The number of carbonyl (C=O) groups is 5. The van der Waals surface area contributed by atoms with Gasteiger partial charge in [0.1, 0.15) is 23.9 Å². The van der Waals surface area contributed by atoms with Crippen molar-refractivity contribution in [1.29, 1.82) is 0 Å². The lowest BCUT2D eigenvalue weighted by atomic mass is 10.0. The monoisotopic (exact) mass is 541 g/mol. The topological polar surface area (TPSA) is 214 Å². The van der Waals surface area contributed by atoms with Gasteiger partial charge in [0, 0.05) is 12.8 Å². The van der Waals surface area contributed by atoms with E-state index in [1.54, 1.807) is 56.3 Å². The number of nitrogens with one attached hydrogen (secondary N) is 3. The zero-order chi connectivity index (χ0) is 29.1. The molecule has 0 radical (unpaired) electrons. The number of carbonyl (C=O) groups excluding carboxylic acids is 4. The van der Waals surface area contributed by atoms with Crippen molar-refractivity contribution in [2.75, 3.05) is 0 Å². The first-order valence-electron chi connectivity index (χ1n) is 12.4. The van der Waals surface area contributed by atoms with E-state index in [-0.39, 0.29) is 24.5 Å². The molecule has 210 valence electrons. The van der Waals surface area contributed by atoms with Crippen molar-refractivity contribution >= 4 is 29.6 Å². The number of benzene rings is 2. The molecule has 39 heavy (non-hydrogen) atoms. The molecule has 4 atom stereocenters. The molecule has 0 fully saturated rings. The smallest absolute Gasteiger partial charge is 0.326 e. The lowest BCUT2D eigenvalue weighted by molar-refractivity contribution is -0.142. The molecular formula is C27H35N5O7. The van der Waals surface area contributed by atoms with Gasteiger partial charge in [-0.05, 0) is 29.2 Å². The third-order valence-electron chi connectivity index (χ3n) is 5.97. The van der Waals surface area contributed by atoms with Crippen LogP contribution in [0.2, 0.25) is 0 Å². The average molecular weight is 542 g/mol. The highest BCUT2D eigenvalue weighted by Crippen LogP contribution is 2.12. The molecule has 2 aromatic carbocycles. The van der Waals surface area contributed by atoms with Gasteiger partial charge < -0.3 is 37.6 Å². The molecule has 0 aromatic heterocycles. The standard InChI is InChI=1S/C27H35N5O7/c1-15(2)23(29)26(37)31-19(12-17-8-10-18(33)11-9-17)24(35)30-20(14-22(28)34)25(36)32-21(27(38)39)13-16-6-4-3-5-7-16/h3-11,15,19-21,23,33H,12-14,29H2,1-2H3,(H2,28,34)(H,30,35)(H,31,37)(H,32,36)(H,38,39). The highest BCUT2D eigenvalue weighted by atomic mass is 16.4. The predicted octanol–water partition coefficient (Wildman–Crippen LogP) is -0.425. The molecule has 0 saturated heterocycles. The summed E-state index contributed by atoms with van der Waals surface area (Å²) < 4.78 is 0. The summed E-state index contributed by atoms with van der Waals surface area (Å²) >= 11 is 0. The second-order valence-electron chi connectivity index (χ2n) is 9.52. The number of carboxylic acids is 1. The molecule has 2 rings (SSSR count). The molecule has 2 aromatic rings. The van der Waals surface area contributed by atoms with Crippen molar-refractivity contribution in [3.63, 3.8) is 0 Å². The molecule has 4 unspecified atom stereocenters. The number of rotatable bonds is 14. The minimum Gasteiger partial charge on any atom is -0.508 e. The molecule has 9 N–H and O–H groups in total. The fourth-order valence-electron chi connectivity index (χ4n) is 3.65. The lowest BCUT2D eigenvalue weighted by Crippen LogP contribution is -2.58. The van der Waals surface area contributed by atoms with Crippen molar-refractivity contribution in [2.24, 2.45) is 17.4 Å². The van der Waals surface area contributed by atoms with E-state index in [1.807, 2.05) is 0 Å². The third kappa shape index (κ3) is 10.1. The molecule has 0 spiro atoms. The zero-order valence-electron chi connectivity index (χ0n) is 21.8. The van der Waals surface area contributed by atoms with Gasteiger partial charge in [-0.15, -0.1) is 0 Å². The SMILES string of the molecule is CC(C)C(N)C(=O)NC(Cc1ccc(O)cc1)C(=O)NC(CC(N)=O)C(=O)NC(Cc1ccccc1)C(=O)O. The fraction of sp³-hybridized carbons (Fsp3) is 0.370. The number of hydrogen-bond acceptors (Lipinski definition) is 7. The number of nitrogens with two attached hydrogens (primary N) is 2. The van der Waals surface area contributed by atoms with Crippen molar-refractivity contribution < 1.29 is 34.2 Å². The minimum atomic E-state index is -1.51.